The second kappa shape index (κ2) is 8.71. The van der Waals surface area contributed by atoms with E-state index in [9.17, 15) is 9.90 Å². The molecule has 36 heavy (non-hydrogen) atoms. The highest BCUT2D eigenvalue weighted by molar-refractivity contribution is 6.00. The van der Waals surface area contributed by atoms with Crippen LogP contribution in [0.2, 0.25) is 0 Å². The van der Waals surface area contributed by atoms with Crippen molar-refractivity contribution in [3.8, 4) is 22.5 Å². The van der Waals surface area contributed by atoms with Gasteiger partial charge in [-0.1, -0.05) is 42.5 Å². The maximum atomic E-state index is 11.4. The Morgan fingerprint density at radius 3 is 2.53 bits per heavy atom. The van der Waals surface area contributed by atoms with Crippen molar-refractivity contribution in [2.45, 2.75) is 38.6 Å². The highest BCUT2D eigenvalue weighted by Crippen LogP contribution is 2.38. The topological polar surface area (TPSA) is 120 Å². The zero-order valence-corrected chi connectivity index (χ0v) is 19.9. The molecule has 5 aromatic rings. The summed E-state index contributed by atoms with van der Waals surface area (Å²) in [6, 6.07) is 18.5. The van der Waals surface area contributed by atoms with Crippen molar-refractivity contribution in [2.24, 2.45) is 5.92 Å². The number of carboxylic acid groups (broad SMARTS) is 1. The Bertz CT molecular complexity index is 1600. The van der Waals surface area contributed by atoms with Gasteiger partial charge in [-0.05, 0) is 50.3 Å². The summed E-state index contributed by atoms with van der Waals surface area (Å²) in [6.45, 7) is 2.10. The van der Waals surface area contributed by atoms with Gasteiger partial charge in [-0.15, -0.1) is 0 Å². The number of nitrogen functional groups attached to an aromatic ring is 1. The van der Waals surface area contributed by atoms with Gasteiger partial charge < -0.3 is 10.8 Å². The predicted octanol–water partition coefficient (Wildman–Crippen LogP) is 5.42. The van der Waals surface area contributed by atoms with E-state index in [1.54, 1.807) is 0 Å². The van der Waals surface area contributed by atoms with Gasteiger partial charge in [0.15, 0.2) is 5.65 Å². The van der Waals surface area contributed by atoms with Crippen molar-refractivity contribution < 1.29 is 9.90 Å². The van der Waals surface area contributed by atoms with Gasteiger partial charge in [-0.25, -0.2) is 19.6 Å². The first-order chi connectivity index (χ1) is 17.5. The highest BCUT2D eigenvalue weighted by Gasteiger charge is 2.29. The molecule has 0 unspecified atom stereocenters. The van der Waals surface area contributed by atoms with Crippen molar-refractivity contribution in [3.05, 3.63) is 66.5 Å². The van der Waals surface area contributed by atoms with Crippen LogP contribution >= 0.6 is 0 Å². The molecular weight excluding hydrogens is 452 g/mol. The summed E-state index contributed by atoms with van der Waals surface area (Å²) >= 11 is 0. The Morgan fingerprint density at radius 1 is 1.00 bits per heavy atom. The number of aliphatic carboxylic acids is 1. The van der Waals surface area contributed by atoms with Crippen LogP contribution in [-0.2, 0) is 4.79 Å². The second-order valence-electron chi connectivity index (χ2n) is 9.52. The number of carbonyl (C=O) groups is 1. The van der Waals surface area contributed by atoms with Gasteiger partial charge in [0.1, 0.15) is 17.8 Å². The number of nitrogens with zero attached hydrogens (tertiary/aromatic N) is 5. The number of nitrogens with two attached hydrogens (primary N) is 1. The Balaban J connectivity index is 1.47. The summed E-state index contributed by atoms with van der Waals surface area (Å²) in [4.78, 5) is 25.2. The standard InChI is InChI=1S/C28H26N6O2/c1-16-13-22(17-5-3-2-4-6-17)32-23-14-19(9-12-21(16)23)25-24-26(29)30-15-31-27(24)34(33-25)20-10-7-18(8-11-20)28(35)36/h2-6,9,12-15,18,20H,7-8,10-11H2,1H3,(H,35,36)(H2,29,30,31). The lowest BCUT2D eigenvalue weighted by atomic mass is 9.86. The summed E-state index contributed by atoms with van der Waals surface area (Å²) in [7, 11) is 0. The Kier molecular flexibility index (Phi) is 5.36. The third kappa shape index (κ3) is 3.75. The van der Waals surface area contributed by atoms with Crippen LogP contribution in [-0.4, -0.2) is 35.8 Å². The maximum absolute atomic E-state index is 11.4. The molecule has 8 heteroatoms. The summed E-state index contributed by atoms with van der Waals surface area (Å²) in [5.74, 6) is -0.640. The van der Waals surface area contributed by atoms with Gasteiger partial charge in [-0.3, -0.25) is 4.79 Å². The third-order valence-electron chi connectivity index (χ3n) is 7.27. The average molecular weight is 479 g/mol. The normalized spacial score (nSPS) is 18.0. The summed E-state index contributed by atoms with van der Waals surface area (Å²) in [5, 5.41) is 16.2. The minimum Gasteiger partial charge on any atom is -0.481 e. The third-order valence-corrected chi connectivity index (χ3v) is 7.27. The Morgan fingerprint density at radius 2 is 1.78 bits per heavy atom. The number of hydrogen-bond donors (Lipinski definition) is 2. The fraction of sp³-hybridized carbons (Fsp3) is 0.250. The summed E-state index contributed by atoms with van der Waals surface area (Å²) in [6.07, 6.45) is 4.17. The first kappa shape index (κ1) is 22.2. The number of fused-ring (bicyclic) bond motifs is 2. The van der Waals surface area contributed by atoms with Crippen LogP contribution < -0.4 is 5.73 Å². The molecule has 1 saturated carbocycles. The van der Waals surface area contributed by atoms with Crippen LogP contribution in [0.3, 0.4) is 0 Å². The molecule has 0 saturated heterocycles. The molecule has 180 valence electrons. The monoisotopic (exact) mass is 478 g/mol. The lowest BCUT2D eigenvalue weighted by Crippen LogP contribution is -2.24. The second-order valence-corrected chi connectivity index (χ2v) is 9.52. The zero-order chi connectivity index (χ0) is 24.8. The Hall–Kier alpha value is -4.33. The molecule has 1 aliphatic carbocycles. The lowest BCUT2D eigenvalue weighted by molar-refractivity contribution is -0.143. The van der Waals surface area contributed by atoms with Gasteiger partial charge >= 0.3 is 5.97 Å². The van der Waals surface area contributed by atoms with E-state index in [0.717, 1.165) is 51.8 Å². The largest absolute Gasteiger partial charge is 0.481 e. The number of aromatic nitrogens is 5. The number of anilines is 1. The van der Waals surface area contributed by atoms with E-state index >= 15 is 0 Å². The summed E-state index contributed by atoms with van der Waals surface area (Å²) in [5.41, 5.74) is 12.6. The number of pyridine rings is 1. The van der Waals surface area contributed by atoms with E-state index in [1.165, 1.54) is 6.33 Å². The van der Waals surface area contributed by atoms with Crippen LogP contribution in [0, 0.1) is 12.8 Å². The Labute approximate surface area is 207 Å². The van der Waals surface area contributed by atoms with E-state index in [2.05, 4.69) is 47.2 Å². The van der Waals surface area contributed by atoms with Crippen molar-refractivity contribution in [1.29, 1.82) is 0 Å². The molecule has 0 atom stereocenters. The minimum absolute atomic E-state index is 0.0664. The molecule has 0 radical (unpaired) electrons. The van der Waals surface area contributed by atoms with E-state index in [1.807, 2.05) is 28.9 Å². The number of rotatable bonds is 4. The predicted molar refractivity (Wildman–Crippen MR) is 139 cm³/mol. The van der Waals surface area contributed by atoms with Gasteiger partial charge in [-0.2, -0.15) is 5.10 Å². The van der Waals surface area contributed by atoms with Crippen LogP contribution in [0.5, 0.6) is 0 Å². The quantitative estimate of drug-likeness (QED) is 0.354. The van der Waals surface area contributed by atoms with Crippen molar-refractivity contribution in [1.82, 2.24) is 24.7 Å². The van der Waals surface area contributed by atoms with E-state index < -0.39 is 5.97 Å². The molecule has 6 rings (SSSR count). The highest BCUT2D eigenvalue weighted by atomic mass is 16.4. The first-order valence-electron chi connectivity index (χ1n) is 12.2. The molecule has 1 fully saturated rings. The zero-order valence-electron chi connectivity index (χ0n) is 19.9. The molecule has 3 N–H and O–H groups in total. The fourth-order valence-electron chi connectivity index (χ4n) is 5.33. The number of benzene rings is 2. The lowest BCUT2D eigenvalue weighted by Gasteiger charge is -2.26. The molecule has 0 amide bonds. The van der Waals surface area contributed by atoms with Gasteiger partial charge in [0.2, 0.25) is 0 Å². The first-order valence-corrected chi connectivity index (χ1v) is 12.2. The average Bonchev–Trinajstić information content (AvgIpc) is 3.30. The molecule has 1 aliphatic rings. The van der Waals surface area contributed by atoms with Gasteiger partial charge in [0.25, 0.3) is 0 Å². The number of hydrogen-bond acceptors (Lipinski definition) is 6. The molecule has 2 aromatic carbocycles. The smallest absolute Gasteiger partial charge is 0.306 e. The molecule has 0 bridgehead atoms. The molecule has 0 aliphatic heterocycles. The van der Waals surface area contributed by atoms with Crippen LogP contribution in [0.1, 0.15) is 37.3 Å². The molecular formula is C28H26N6O2. The van der Waals surface area contributed by atoms with Crippen LogP contribution in [0.15, 0.2) is 60.9 Å². The maximum Gasteiger partial charge on any atom is 0.306 e. The minimum atomic E-state index is -0.722. The van der Waals surface area contributed by atoms with Crippen molar-refractivity contribution >= 4 is 33.7 Å². The molecule has 3 aromatic heterocycles. The number of aryl methyl sites for hydroxylation is 1. The van der Waals surface area contributed by atoms with Crippen molar-refractivity contribution in [3.63, 3.8) is 0 Å². The van der Waals surface area contributed by atoms with Crippen molar-refractivity contribution in [2.75, 3.05) is 5.73 Å². The molecule has 0 spiro atoms. The fourth-order valence-corrected chi connectivity index (χ4v) is 5.33. The van der Waals surface area contributed by atoms with Crippen LogP contribution in [0.4, 0.5) is 5.82 Å². The summed E-state index contributed by atoms with van der Waals surface area (Å²) < 4.78 is 1.92. The van der Waals surface area contributed by atoms with E-state index in [0.29, 0.717) is 29.7 Å². The number of carboxylic acids is 1. The van der Waals surface area contributed by atoms with Gasteiger partial charge in [0, 0.05) is 16.5 Å². The van der Waals surface area contributed by atoms with E-state index in [-0.39, 0.29) is 12.0 Å². The SMILES string of the molecule is Cc1cc(-c2ccccc2)nc2cc(-c3nn(C4CCC(C(=O)O)CC4)c4ncnc(N)c34)ccc12. The van der Waals surface area contributed by atoms with E-state index in [4.69, 9.17) is 15.8 Å². The van der Waals surface area contributed by atoms with Crippen LogP contribution in [0.25, 0.3) is 44.5 Å². The molecule has 3 heterocycles. The molecule has 8 nitrogen and oxygen atoms in total. The van der Waals surface area contributed by atoms with Gasteiger partial charge in [0.05, 0.1) is 28.6 Å².